The van der Waals surface area contributed by atoms with Gasteiger partial charge in [-0.15, -0.1) is 0 Å². The van der Waals surface area contributed by atoms with Gasteiger partial charge in [0.15, 0.2) is 0 Å². The first-order chi connectivity index (χ1) is 11.9. The van der Waals surface area contributed by atoms with E-state index in [9.17, 15) is 0 Å². The summed E-state index contributed by atoms with van der Waals surface area (Å²) in [5.74, 6) is 0. The predicted octanol–water partition coefficient (Wildman–Crippen LogP) is 4.47. The minimum atomic E-state index is -1.77. The van der Waals surface area contributed by atoms with Gasteiger partial charge in [-0.2, -0.15) is 0 Å². The molecule has 0 atom stereocenters. The summed E-state index contributed by atoms with van der Waals surface area (Å²) in [5.41, 5.74) is 0.407. The second-order valence-corrected chi connectivity index (χ2v) is 9.58. The predicted molar refractivity (Wildman–Crippen MR) is 107 cm³/mol. The molecule has 25 heavy (non-hydrogen) atoms. The molecule has 0 N–H and O–H groups in total. The Kier molecular flexibility index (Phi) is 5.79. The van der Waals surface area contributed by atoms with E-state index < -0.39 is 7.26 Å². The monoisotopic (exact) mass is 429 g/mol. The first-order valence-electron chi connectivity index (χ1n) is 8.33. The average Bonchev–Trinajstić information content (AvgIpc) is 3.20. The van der Waals surface area contributed by atoms with Crippen LogP contribution in [0, 0.1) is 0 Å². The summed E-state index contributed by atoms with van der Waals surface area (Å²) in [6, 6.07) is 33.1. The molecule has 0 saturated carbocycles. The molecule has 0 radical (unpaired) electrons. The van der Waals surface area contributed by atoms with Gasteiger partial charge in [0.2, 0.25) is 0 Å². The van der Waals surface area contributed by atoms with Crippen molar-refractivity contribution in [3.8, 4) is 0 Å². The van der Waals surface area contributed by atoms with Crippen molar-refractivity contribution in [2.24, 2.45) is 0 Å². The Labute approximate surface area is 163 Å². The average molecular weight is 428 g/mol. The summed E-state index contributed by atoms with van der Waals surface area (Å²) in [5, 5.41) is 4.30. The molecule has 124 valence electrons. The largest absolute Gasteiger partial charge is 0.122 e. The van der Waals surface area contributed by atoms with E-state index in [1.54, 1.807) is 0 Å². The fourth-order valence-electron chi connectivity index (χ4n) is 3.63. The van der Waals surface area contributed by atoms with E-state index >= 15 is 0 Å². The topological polar surface area (TPSA) is 0 Å². The van der Waals surface area contributed by atoms with Crippen LogP contribution in [0.25, 0.3) is 0 Å². The van der Waals surface area contributed by atoms with Crippen LogP contribution in [0.2, 0.25) is 0 Å². The molecule has 2 heteroatoms. The minimum absolute atomic E-state index is 0. The van der Waals surface area contributed by atoms with Gasteiger partial charge in [-0.1, -0.05) is 66.7 Å². The summed E-state index contributed by atoms with van der Waals surface area (Å²) < 4.78 is 0. The number of hydrogen-bond acceptors (Lipinski definition) is 0. The van der Waals surface area contributed by atoms with Gasteiger partial charge in [-0.3, -0.25) is 0 Å². The summed E-state index contributed by atoms with van der Waals surface area (Å²) >= 11 is 0. The van der Waals surface area contributed by atoms with Crippen LogP contribution in [-0.2, 0) is 19.5 Å². The quantitative estimate of drug-likeness (QED) is 0.425. The summed E-state index contributed by atoms with van der Waals surface area (Å²) in [6.45, 7) is 0. The van der Waals surface area contributed by atoms with E-state index in [1.165, 1.54) is 15.9 Å². The van der Waals surface area contributed by atoms with Crippen LogP contribution in [0.4, 0.5) is 0 Å². The normalized spacial score (nSPS) is 13.6. The van der Waals surface area contributed by atoms with Gasteiger partial charge in [0, 0.05) is 19.5 Å². The molecule has 1 aliphatic carbocycles. The van der Waals surface area contributed by atoms with Crippen molar-refractivity contribution in [2.75, 3.05) is 0 Å². The Morgan fingerprint density at radius 1 is 0.480 bits per heavy atom. The Balaban J connectivity index is 0.00000182. The van der Waals surface area contributed by atoms with Crippen LogP contribution in [0.5, 0.6) is 0 Å². The van der Waals surface area contributed by atoms with Gasteiger partial charge in [0.1, 0.15) is 28.8 Å². The van der Waals surface area contributed by atoms with Crippen LogP contribution in [-0.4, -0.2) is 5.66 Å². The van der Waals surface area contributed by atoms with E-state index in [2.05, 4.69) is 115 Å². The number of rotatable bonds is 4. The molecule has 3 aromatic carbocycles. The van der Waals surface area contributed by atoms with E-state index in [-0.39, 0.29) is 19.5 Å². The molecule has 0 nitrogen and oxygen atoms in total. The molecular formula is C23H20PRu+. The van der Waals surface area contributed by atoms with Crippen molar-refractivity contribution in [1.82, 2.24) is 0 Å². The Hall–Kier alpha value is -1.81. The first kappa shape index (κ1) is 18.0. The maximum Gasteiger partial charge on any atom is 0.122 e. The van der Waals surface area contributed by atoms with Gasteiger partial charge < -0.3 is 0 Å². The van der Waals surface area contributed by atoms with Crippen LogP contribution >= 0.6 is 7.26 Å². The zero-order valence-electron chi connectivity index (χ0n) is 13.8. The second-order valence-electron chi connectivity index (χ2n) is 5.99. The van der Waals surface area contributed by atoms with Gasteiger partial charge in [-0.25, -0.2) is 0 Å². The van der Waals surface area contributed by atoms with Gasteiger partial charge in [0.05, 0.1) is 0 Å². The van der Waals surface area contributed by atoms with Gasteiger partial charge in [-0.05, 0) is 48.6 Å². The van der Waals surface area contributed by atoms with Crippen LogP contribution in [0.3, 0.4) is 0 Å². The molecule has 3 aromatic rings. The first-order valence-corrected chi connectivity index (χ1v) is 10.2. The standard InChI is InChI=1S/C23H20P.Ru/c1-4-12-20(13-5-1)24(23-18-10-11-19-23,21-14-6-2-7-15-21)22-16-8-3-9-17-22;/h1-19,23H;/q+1;. The SMILES string of the molecule is C1=CC([P+](c2ccccc2)(c2ccccc2)c2ccccc2)C=C1.[Ru]. The fourth-order valence-corrected chi connectivity index (χ4v) is 8.20. The van der Waals surface area contributed by atoms with Crippen molar-refractivity contribution in [2.45, 2.75) is 5.66 Å². The van der Waals surface area contributed by atoms with Crippen molar-refractivity contribution in [3.63, 3.8) is 0 Å². The smallest absolute Gasteiger partial charge is 0.0622 e. The maximum absolute atomic E-state index is 2.36. The molecule has 0 saturated heterocycles. The third kappa shape index (κ3) is 3.20. The van der Waals surface area contributed by atoms with Gasteiger partial charge in [0.25, 0.3) is 0 Å². The van der Waals surface area contributed by atoms with E-state index in [1.807, 2.05) is 0 Å². The Bertz CT molecular complexity index is 746. The van der Waals surface area contributed by atoms with E-state index in [4.69, 9.17) is 0 Å². The van der Waals surface area contributed by atoms with E-state index in [0.717, 1.165) is 0 Å². The van der Waals surface area contributed by atoms with Gasteiger partial charge >= 0.3 is 0 Å². The van der Waals surface area contributed by atoms with E-state index in [0.29, 0.717) is 5.66 Å². The molecular weight excluding hydrogens is 408 g/mol. The number of hydrogen-bond donors (Lipinski definition) is 0. The third-order valence-corrected chi connectivity index (χ3v) is 9.24. The maximum atomic E-state index is 2.36. The molecule has 0 unspecified atom stereocenters. The van der Waals surface area contributed by atoms with Crippen LogP contribution in [0.15, 0.2) is 115 Å². The summed E-state index contributed by atoms with van der Waals surface area (Å²) in [7, 11) is -1.77. The molecule has 0 bridgehead atoms. The van der Waals surface area contributed by atoms with Crippen molar-refractivity contribution in [3.05, 3.63) is 115 Å². The second kappa shape index (κ2) is 8.05. The molecule has 0 aromatic heterocycles. The minimum Gasteiger partial charge on any atom is -0.0622 e. The fraction of sp³-hybridized carbons (Fsp3) is 0.0435. The summed E-state index contributed by atoms with van der Waals surface area (Å²) in [6.07, 6.45) is 9.10. The Morgan fingerprint density at radius 2 is 0.800 bits per heavy atom. The zero-order valence-corrected chi connectivity index (χ0v) is 16.5. The van der Waals surface area contributed by atoms with Crippen molar-refractivity contribution in [1.29, 1.82) is 0 Å². The summed E-state index contributed by atoms with van der Waals surface area (Å²) in [4.78, 5) is 0. The number of benzene rings is 3. The zero-order chi connectivity index (χ0) is 16.2. The third-order valence-electron chi connectivity index (χ3n) is 4.67. The van der Waals surface area contributed by atoms with Crippen LogP contribution < -0.4 is 15.9 Å². The number of allylic oxidation sites excluding steroid dienone is 4. The Morgan fingerprint density at radius 3 is 1.12 bits per heavy atom. The molecule has 0 amide bonds. The van der Waals surface area contributed by atoms with Crippen molar-refractivity contribution >= 4 is 23.2 Å². The molecule has 0 fully saturated rings. The molecule has 0 heterocycles. The molecule has 0 spiro atoms. The molecule has 0 aliphatic heterocycles. The molecule has 4 rings (SSSR count). The van der Waals surface area contributed by atoms with Crippen LogP contribution in [0.1, 0.15) is 0 Å². The van der Waals surface area contributed by atoms with Crippen molar-refractivity contribution < 1.29 is 19.5 Å². The molecule has 1 aliphatic rings.